The Morgan fingerprint density at radius 1 is 1.35 bits per heavy atom. The number of aryl methyl sites for hydroxylation is 1. The molecule has 0 saturated heterocycles. The van der Waals surface area contributed by atoms with E-state index in [2.05, 4.69) is 15.6 Å². The number of aromatic nitrogens is 2. The molecule has 0 fully saturated rings. The predicted octanol–water partition coefficient (Wildman–Crippen LogP) is 2.50. The second kappa shape index (κ2) is 7.99. The molecule has 0 aliphatic carbocycles. The zero-order valence-corrected chi connectivity index (χ0v) is 14.2. The number of imidazole rings is 1. The molecular weight excluding hydrogens is 316 g/mol. The number of amides is 2. The van der Waals surface area contributed by atoms with Crippen LogP contribution in [0.25, 0.3) is 0 Å². The molecule has 23 heavy (non-hydrogen) atoms. The van der Waals surface area contributed by atoms with E-state index in [0.29, 0.717) is 11.6 Å². The fraction of sp³-hybridized carbons (Fsp3) is 0.375. The molecule has 0 aliphatic rings. The first-order valence-corrected chi connectivity index (χ1v) is 7.67. The fourth-order valence-electron chi connectivity index (χ4n) is 2.30. The van der Waals surface area contributed by atoms with Crippen molar-refractivity contribution in [2.75, 3.05) is 13.7 Å². The Labute approximate surface area is 140 Å². The van der Waals surface area contributed by atoms with E-state index in [1.54, 1.807) is 25.4 Å². The van der Waals surface area contributed by atoms with Gasteiger partial charge < -0.3 is 19.9 Å². The third-order valence-electron chi connectivity index (χ3n) is 3.39. The van der Waals surface area contributed by atoms with Gasteiger partial charge in [-0.1, -0.05) is 23.7 Å². The van der Waals surface area contributed by atoms with Gasteiger partial charge in [-0.25, -0.2) is 9.78 Å². The molecule has 124 valence electrons. The number of benzene rings is 1. The molecule has 0 saturated carbocycles. The quantitative estimate of drug-likeness (QED) is 0.851. The highest BCUT2D eigenvalue weighted by Crippen LogP contribution is 2.22. The van der Waals surface area contributed by atoms with Crippen molar-refractivity contribution in [3.63, 3.8) is 0 Å². The molecule has 7 heteroatoms. The van der Waals surface area contributed by atoms with Gasteiger partial charge in [0, 0.05) is 31.6 Å². The Hall–Kier alpha value is -2.05. The van der Waals surface area contributed by atoms with Crippen molar-refractivity contribution in [3.8, 4) is 0 Å². The van der Waals surface area contributed by atoms with E-state index >= 15 is 0 Å². The molecule has 2 aromatic rings. The van der Waals surface area contributed by atoms with Crippen molar-refractivity contribution in [1.82, 2.24) is 20.2 Å². The summed E-state index contributed by atoms with van der Waals surface area (Å²) in [4.78, 5) is 16.6. The first kappa shape index (κ1) is 17.3. The average molecular weight is 337 g/mol. The Morgan fingerprint density at radius 2 is 2.04 bits per heavy atom. The highest BCUT2D eigenvalue weighted by atomic mass is 35.5. The van der Waals surface area contributed by atoms with Crippen LogP contribution in [0.4, 0.5) is 4.79 Å². The summed E-state index contributed by atoms with van der Waals surface area (Å²) in [6, 6.07) is 6.59. The number of nitrogens with one attached hydrogen (secondary N) is 2. The zero-order chi connectivity index (χ0) is 16.8. The van der Waals surface area contributed by atoms with Crippen molar-refractivity contribution in [2.24, 2.45) is 7.05 Å². The number of nitrogens with zero attached hydrogens (tertiary/aromatic N) is 2. The highest BCUT2D eigenvalue weighted by molar-refractivity contribution is 6.30. The molecule has 0 aliphatic heterocycles. The SMILES string of the molecule is COC[C@H](C)NC(=O)N[C@@H](c1ccc(Cl)cc1)c1nccn1C. The second-order valence-corrected chi connectivity index (χ2v) is 5.79. The number of hydrogen-bond donors (Lipinski definition) is 2. The van der Waals surface area contributed by atoms with Gasteiger partial charge >= 0.3 is 6.03 Å². The number of urea groups is 1. The van der Waals surface area contributed by atoms with Gasteiger partial charge in [0.2, 0.25) is 0 Å². The van der Waals surface area contributed by atoms with Crippen LogP contribution in [0.1, 0.15) is 24.4 Å². The largest absolute Gasteiger partial charge is 0.383 e. The topological polar surface area (TPSA) is 68.2 Å². The molecule has 0 radical (unpaired) electrons. The summed E-state index contributed by atoms with van der Waals surface area (Å²) in [5, 5.41) is 6.43. The second-order valence-electron chi connectivity index (χ2n) is 5.36. The van der Waals surface area contributed by atoms with Crippen LogP contribution in [0.5, 0.6) is 0 Å². The molecule has 0 bridgehead atoms. The van der Waals surface area contributed by atoms with Crippen molar-refractivity contribution in [2.45, 2.75) is 19.0 Å². The molecule has 0 spiro atoms. The molecule has 2 atom stereocenters. The van der Waals surface area contributed by atoms with Crippen LogP contribution >= 0.6 is 11.6 Å². The van der Waals surface area contributed by atoms with Gasteiger partial charge in [-0.05, 0) is 24.6 Å². The van der Waals surface area contributed by atoms with Gasteiger partial charge in [-0.2, -0.15) is 0 Å². The van der Waals surface area contributed by atoms with Gasteiger partial charge in [0.1, 0.15) is 11.9 Å². The minimum atomic E-state index is -0.373. The van der Waals surface area contributed by atoms with E-state index in [-0.39, 0.29) is 18.1 Å². The zero-order valence-electron chi connectivity index (χ0n) is 13.4. The average Bonchev–Trinajstić information content (AvgIpc) is 2.92. The summed E-state index contributed by atoms with van der Waals surface area (Å²) < 4.78 is 6.90. The van der Waals surface area contributed by atoms with Crippen LogP contribution in [0, 0.1) is 0 Å². The van der Waals surface area contributed by atoms with E-state index in [1.807, 2.05) is 36.9 Å². The maximum atomic E-state index is 12.2. The lowest BCUT2D eigenvalue weighted by molar-refractivity contribution is 0.170. The van der Waals surface area contributed by atoms with Crippen molar-refractivity contribution >= 4 is 17.6 Å². The Kier molecular flexibility index (Phi) is 6.01. The van der Waals surface area contributed by atoms with Gasteiger partial charge in [0.15, 0.2) is 0 Å². The lowest BCUT2D eigenvalue weighted by atomic mass is 10.1. The number of halogens is 1. The normalized spacial score (nSPS) is 13.4. The van der Waals surface area contributed by atoms with E-state index in [4.69, 9.17) is 16.3 Å². The van der Waals surface area contributed by atoms with Crippen LogP contribution in [0.15, 0.2) is 36.7 Å². The minimum absolute atomic E-state index is 0.0905. The van der Waals surface area contributed by atoms with E-state index in [1.165, 1.54) is 0 Å². The van der Waals surface area contributed by atoms with E-state index in [0.717, 1.165) is 11.4 Å². The molecule has 1 aromatic carbocycles. The molecule has 6 nitrogen and oxygen atoms in total. The number of rotatable bonds is 6. The molecular formula is C16H21ClN4O2. The van der Waals surface area contributed by atoms with Crippen LogP contribution in [-0.4, -0.2) is 35.3 Å². The third-order valence-corrected chi connectivity index (χ3v) is 3.64. The van der Waals surface area contributed by atoms with Gasteiger partial charge in [-0.15, -0.1) is 0 Å². The summed E-state index contributed by atoms with van der Waals surface area (Å²) in [5.41, 5.74) is 0.901. The number of methoxy groups -OCH3 is 1. The third kappa shape index (κ3) is 4.71. The van der Waals surface area contributed by atoms with E-state index < -0.39 is 0 Å². The summed E-state index contributed by atoms with van der Waals surface area (Å²) in [6.07, 6.45) is 3.54. The number of hydrogen-bond acceptors (Lipinski definition) is 3. The molecule has 0 unspecified atom stereocenters. The first-order chi connectivity index (χ1) is 11.0. The van der Waals surface area contributed by atoms with Gasteiger partial charge in [0.25, 0.3) is 0 Å². The summed E-state index contributed by atoms with van der Waals surface area (Å²) in [5.74, 6) is 0.738. The van der Waals surface area contributed by atoms with Crippen LogP contribution in [0.2, 0.25) is 5.02 Å². The smallest absolute Gasteiger partial charge is 0.315 e. The number of ether oxygens (including phenoxy) is 1. The van der Waals surface area contributed by atoms with E-state index in [9.17, 15) is 4.79 Å². The summed E-state index contributed by atoms with van der Waals surface area (Å²) >= 11 is 5.95. The lowest BCUT2D eigenvalue weighted by Crippen LogP contribution is -2.44. The van der Waals surface area contributed by atoms with Crippen molar-refractivity contribution in [1.29, 1.82) is 0 Å². The van der Waals surface area contributed by atoms with Gasteiger partial charge in [-0.3, -0.25) is 0 Å². The fourth-order valence-corrected chi connectivity index (χ4v) is 2.42. The number of carbonyl (C=O) groups excluding carboxylic acids is 1. The first-order valence-electron chi connectivity index (χ1n) is 7.30. The minimum Gasteiger partial charge on any atom is -0.383 e. The highest BCUT2D eigenvalue weighted by Gasteiger charge is 2.21. The standard InChI is InChI=1S/C16H21ClN4O2/c1-11(10-23-3)19-16(22)20-14(15-18-8-9-21(15)2)12-4-6-13(17)7-5-12/h4-9,11,14H,10H2,1-3H3,(H2,19,20,22)/t11-,14-/m0/s1. The maximum Gasteiger partial charge on any atom is 0.315 e. The van der Waals surface area contributed by atoms with Gasteiger partial charge in [0.05, 0.1) is 12.6 Å². The Balaban J connectivity index is 2.19. The summed E-state index contributed by atoms with van der Waals surface area (Å²) in [7, 11) is 3.48. The maximum absolute atomic E-state index is 12.2. The molecule has 2 amide bonds. The number of carbonyl (C=O) groups is 1. The lowest BCUT2D eigenvalue weighted by Gasteiger charge is -2.21. The molecule has 2 rings (SSSR count). The van der Waals surface area contributed by atoms with Crippen LogP contribution in [0.3, 0.4) is 0 Å². The predicted molar refractivity (Wildman–Crippen MR) is 89.5 cm³/mol. The Bertz CT molecular complexity index is 642. The molecule has 1 aromatic heterocycles. The Morgan fingerprint density at radius 3 is 2.61 bits per heavy atom. The summed E-state index contributed by atoms with van der Waals surface area (Å²) in [6.45, 7) is 2.32. The van der Waals surface area contributed by atoms with Crippen molar-refractivity contribution in [3.05, 3.63) is 53.1 Å². The molecule has 2 N–H and O–H groups in total. The van der Waals surface area contributed by atoms with Crippen LogP contribution < -0.4 is 10.6 Å². The van der Waals surface area contributed by atoms with Crippen LogP contribution in [-0.2, 0) is 11.8 Å². The monoisotopic (exact) mass is 336 g/mol. The molecule has 1 heterocycles. The van der Waals surface area contributed by atoms with Crippen molar-refractivity contribution < 1.29 is 9.53 Å².